The van der Waals surface area contributed by atoms with Gasteiger partial charge in [-0.1, -0.05) is 12.1 Å². The lowest BCUT2D eigenvalue weighted by Crippen LogP contribution is -2.28. The van der Waals surface area contributed by atoms with Gasteiger partial charge in [0.1, 0.15) is 12.4 Å². The second kappa shape index (κ2) is 6.19. The zero-order valence-electron chi connectivity index (χ0n) is 11.8. The summed E-state index contributed by atoms with van der Waals surface area (Å²) in [6.45, 7) is -0.579. The lowest BCUT2D eigenvalue weighted by molar-refractivity contribution is -0.141. The maximum Gasteiger partial charge on any atom is 0.433 e. The van der Waals surface area contributed by atoms with Crippen LogP contribution in [0.2, 0.25) is 0 Å². The number of carboxylic acids is 1. The van der Waals surface area contributed by atoms with Crippen LogP contribution in [0.4, 0.5) is 23.5 Å². The molecule has 0 amide bonds. The Morgan fingerprint density at radius 3 is 2.52 bits per heavy atom. The Morgan fingerprint density at radius 1 is 1.26 bits per heavy atom. The van der Waals surface area contributed by atoms with Crippen LogP contribution in [0, 0.1) is 5.82 Å². The molecule has 0 aliphatic carbocycles. The highest BCUT2D eigenvalue weighted by Crippen LogP contribution is 2.31. The van der Waals surface area contributed by atoms with E-state index >= 15 is 0 Å². The molecule has 1 heterocycles. The van der Waals surface area contributed by atoms with Crippen LogP contribution in [-0.4, -0.2) is 34.6 Å². The molecule has 0 saturated carbocycles. The summed E-state index contributed by atoms with van der Waals surface area (Å²) < 4.78 is 52.2. The van der Waals surface area contributed by atoms with Gasteiger partial charge in [0, 0.05) is 12.6 Å². The van der Waals surface area contributed by atoms with Crippen LogP contribution in [0.1, 0.15) is 5.69 Å². The monoisotopic (exact) mass is 329 g/mol. The first-order valence-corrected chi connectivity index (χ1v) is 6.32. The molecule has 0 fully saturated rings. The van der Waals surface area contributed by atoms with Gasteiger partial charge in [-0.3, -0.25) is 4.79 Å². The Kier molecular flexibility index (Phi) is 4.48. The van der Waals surface area contributed by atoms with Crippen molar-refractivity contribution < 1.29 is 27.5 Å². The second-order valence-corrected chi connectivity index (χ2v) is 4.70. The van der Waals surface area contributed by atoms with E-state index in [2.05, 4.69) is 9.97 Å². The molecule has 0 atom stereocenters. The highest BCUT2D eigenvalue weighted by atomic mass is 19.4. The third-order valence-electron chi connectivity index (χ3n) is 2.84. The van der Waals surface area contributed by atoms with Gasteiger partial charge in [-0.2, -0.15) is 13.2 Å². The fraction of sp³-hybridized carbons (Fsp3) is 0.214. The molecule has 0 aliphatic rings. The van der Waals surface area contributed by atoms with Crippen LogP contribution in [-0.2, 0) is 11.0 Å². The minimum atomic E-state index is -4.75. The van der Waals surface area contributed by atoms with E-state index in [0.717, 1.165) is 17.0 Å². The SMILES string of the molecule is CN(CC(=O)O)c1nc(-c2cccc(F)c2)cc(C(F)(F)F)n1. The number of aromatic nitrogens is 2. The first-order chi connectivity index (χ1) is 10.7. The third-order valence-corrected chi connectivity index (χ3v) is 2.84. The highest BCUT2D eigenvalue weighted by Gasteiger charge is 2.34. The van der Waals surface area contributed by atoms with Crippen LogP contribution >= 0.6 is 0 Å². The number of hydrogen-bond acceptors (Lipinski definition) is 4. The van der Waals surface area contributed by atoms with Gasteiger partial charge in [0.2, 0.25) is 5.95 Å². The first-order valence-electron chi connectivity index (χ1n) is 6.32. The molecule has 1 aromatic carbocycles. The van der Waals surface area contributed by atoms with Crippen LogP contribution < -0.4 is 4.90 Å². The Bertz CT molecular complexity index is 734. The van der Waals surface area contributed by atoms with Crippen molar-refractivity contribution in [3.8, 4) is 11.3 Å². The number of benzene rings is 1. The number of nitrogens with zero attached hydrogens (tertiary/aromatic N) is 3. The molecule has 0 unspecified atom stereocenters. The molecule has 0 spiro atoms. The van der Waals surface area contributed by atoms with Gasteiger partial charge in [-0.05, 0) is 18.2 Å². The number of carbonyl (C=O) groups is 1. The lowest BCUT2D eigenvalue weighted by atomic mass is 10.1. The van der Waals surface area contributed by atoms with Crippen molar-refractivity contribution >= 4 is 11.9 Å². The fourth-order valence-corrected chi connectivity index (χ4v) is 1.82. The molecule has 5 nitrogen and oxygen atoms in total. The van der Waals surface area contributed by atoms with Crippen molar-refractivity contribution in [2.75, 3.05) is 18.5 Å². The predicted octanol–water partition coefficient (Wildman–Crippen LogP) is 2.82. The maximum atomic E-state index is 13.3. The molecule has 23 heavy (non-hydrogen) atoms. The molecule has 0 aliphatic heterocycles. The number of alkyl halides is 3. The van der Waals surface area contributed by atoms with Crippen LogP contribution in [0.3, 0.4) is 0 Å². The summed E-state index contributed by atoms with van der Waals surface area (Å²) in [5, 5.41) is 8.73. The number of likely N-dealkylation sites (N-methyl/N-ethyl adjacent to an activating group) is 1. The van der Waals surface area contributed by atoms with Gasteiger partial charge >= 0.3 is 12.1 Å². The minimum absolute atomic E-state index is 0.128. The fourth-order valence-electron chi connectivity index (χ4n) is 1.82. The Hall–Kier alpha value is -2.71. The van der Waals surface area contributed by atoms with Crippen molar-refractivity contribution in [1.82, 2.24) is 9.97 Å². The quantitative estimate of drug-likeness (QED) is 0.874. The molecule has 9 heteroatoms. The minimum Gasteiger partial charge on any atom is -0.480 e. The normalized spacial score (nSPS) is 11.3. The smallest absolute Gasteiger partial charge is 0.433 e. The molecule has 2 rings (SSSR count). The Balaban J connectivity index is 2.56. The third kappa shape index (κ3) is 4.15. The molecule has 0 saturated heterocycles. The molecule has 122 valence electrons. The average Bonchev–Trinajstić information content (AvgIpc) is 2.45. The van der Waals surface area contributed by atoms with E-state index in [0.29, 0.717) is 6.07 Å². The standard InChI is InChI=1S/C14H11F4N3O2/c1-21(7-12(22)23)13-19-10(6-11(20-13)14(16,17)18)8-3-2-4-9(15)5-8/h2-6H,7H2,1H3,(H,22,23). The van der Waals surface area contributed by atoms with E-state index in [9.17, 15) is 22.4 Å². The van der Waals surface area contributed by atoms with E-state index in [1.165, 1.54) is 19.2 Å². The summed E-state index contributed by atoms with van der Waals surface area (Å²) in [6.07, 6.45) is -4.75. The van der Waals surface area contributed by atoms with Gasteiger partial charge in [-0.15, -0.1) is 0 Å². The topological polar surface area (TPSA) is 66.3 Å². The maximum absolute atomic E-state index is 13.3. The number of hydrogen-bond donors (Lipinski definition) is 1. The number of carboxylic acid groups (broad SMARTS) is 1. The van der Waals surface area contributed by atoms with E-state index < -0.39 is 36.1 Å². The summed E-state index contributed by atoms with van der Waals surface area (Å²) in [6, 6.07) is 5.59. The summed E-state index contributed by atoms with van der Waals surface area (Å²) in [5.74, 6) is -2.29. The summed E-state index contributed by atoms with van der Waals surface area (Å²) in [5.41, 5.74) is -1.26. The number of rotatable bonds is 4. The molecule has 1 N–H and O–H groups in total. The van der Waals surface area contributed by atoms with Crippen molar-refractivity contribution in [1.29, 1.82) is 0 Å². The Morgan fingerprint density at radius 2 is 1.96 bits per heavy atom. The van der Waals surface area contributed by atoms with E-state index in [1.54, 1.807) is 0 Å². The van der Waals surface area contributed by atoms with Crippen molar-refractivity contribution in [2.45, 2.75) is 6.18 Å². The van der Waals surface area contributed by atoms with Gasteiger partial charge in [0.25, 0.3) is 0 Å². The molecule has 2 aromatic rings. The number of aliphatic carboxylic acids is 1. The van der Waals surface area contributed by atoms with Crippen molar-refractivity contribution in [3.63, 3.8) is 0 Å². The van der Waals surface area contributed by atoms with Crippen molar-refractivity contribution in [2.24, 2.45) is 0 Å². The molecule has 1 aromatic heterocycles. The first kappa shape index (κ1) is 16.7. The van der Waals surface area contributed by atoms with Gasteiger partial charge < -0.3 is 10.0 Å². The molecule has 0 bridgehead atoms. The second-order valence-electron chi connectivity index (χ2n) is 4.70. The van der Waals surface area contributed by atoms with Crippen LogP contribution in [0.15, 0.2) is 30.3 Å². The highest BCUT2D eigenvalue weighted by molar-refractivity contribution is 5.72. The summed E-state index contributed by atoms with van der Waals surface area (Å²) >= 11 is 0. The zero-order chi connectivity index (χ0) is 17.2. The zero-order valence-corrected chi connectivity index (χ0v) is 11.8. The average molecular weight is 329 g/mol. The van der Waals surface area contributed by atoms with Crippen LogP contribution in [0.25, 0.3) is 11.3 Å². The predicted molar refractivity (Wildman–Crippen MR) is 73.3 cm³/mol. The lowest BCUT2D eigenvalue weighted by Gasteiger charge is -2.17. The molecular weight excluding hydrogens is 318 g/mol. The largest absolute Gasteiger partial charge is 0.480 e. The summed E-state index contributed by atoms with van der Waals surface area (Å²) in [4.78, 5) is 18.9. The van der Waals surface area contributed by atoms with E-state index in [-0.39, 0.29) is 11.3 Å². The Labute approximate surface area is 128 Å². The van der Waals surface area contributed by atoms with Crippen LogP contribution in [0.5, 0.6) is 0 Å². The van der Waals surface area contributed by atoms with Gasteiger partial charge in [-0.25, -0.2) is 14.4 Å². The molecular formula is C14H11F4N3O2. The van der Waals surface area contributed by atoms with E-state index in [1.807, 2.05) is 0 Å². The number of halogens is 4. The van der Waals surface area contributed by atoms with Gasteiger partial charge in [0.05, 0.1) is 5.69 Å². The number of anilines is 1. The summed E-state index contributed by atoms with van der Waals surface area (Å²) in [7, 11) is 1.25. The van der Waals surface area contributed by atoms with Crippen molar-refractivity contribution in [3.05, 3.63) is 41.8 Å². The molecule has 0 radical (unpaired) electrons. The van der Waals surface area contributed by atoms with Gasteiger partial charge in [0.15, 0.2) is 5.69 Å². The van der Waals surface area contributed by atoms with E-state index in [4.69, 9.17) is 5.11 Å².